The number of phosphoric acid groups is 1. The van der Waals surface area contributed by atoms with Gasteiger partial charge in [-0.3, -0.25) is 13.8 Å². The van der Waals surface area contributed by atoms with Crippen LogP contribution >= 0.6 is 7.82 Å². The zero-order chi connectivity index (χ0) is 21.6. The molecule has 1 aromatic rings. The van der Waals surface area contributed by atoms with Crippen LogP contribution in [0.25, 0.3) is 0 Å². The van der Waals surface area contributed by atoms with Gasteiger partial charge in [0, 0.05) is 0 Å². The Hall–Kier alpha value is -1.93. The Labute approximate surface area is 165 Å². The molecule has 1 rings (SSSR count). The van der Waals surface area contributed by atoms with Crippen molar-refractivity contribution in [3.05, 3.63) is 23.8 Å². The number of hydrogen-bond donors (Lipinski definition) is 1. The predicted molar refractivity (Wildman–Crippen MR) is 103 cm³/mol. The third-order valence-corrected chi connectivity index (χ3v) is 4.79. The predicted octanol–water partition coefficient (Wildman–Crippen LogP) is 4.13. The van der Waals surface area contributed by atoms with Crippen molar-refractivity contribution in [1.29, 1.82) is 0 Å². The maximum atomic E-state index is 12.9. The van der Waals surface area contributed by atoms with Crippen molar-refractivity contribution in [2.75, 3.05) is 19.2 Å². The summed E-state index contributed by atoms with van der Waals surface area (Å²) in [5.41, 5.74) is -1.06. The molecule has 0 aromatic heterocycles. The van der Waals surface area contributed by atoms with Crippen LogP contribution in [-0.4, -0.2) is 37.5 Å². The van der Waals surface area contributed by atoms with Gasteiger partial charge < -0.3 is 14.8 Å². The minimum atomic E-state index is -3.99. The lowest BCUT2D eigenvalue weighted by atomic mass is 10.2. The van der Waals surface area contributed by atoms with Gasteiger partial charge in [0.25, 0.3) is 0 Å². The summed E-state index contributed by atoms with van der Waals surface area (Å²) in [6.45, 7) is 9.54. The maximum Gasteiger partial charge on any atom is 0.478 e. The summed E-state index contributed by atoms with van der Waals surface area (Å²) in [5, 5.41) is 2.45. The average Bonchev–Trinajstić information content (AvgIpc) is 2.51. The number of carbonyl (C=O) groups excluding carboxylic acids is 2. The Morgan fingerprint density at radius 3 is 2.14 bits per heavy atom. The number of amides is 1. The number of phosphoric ester groups is 1. The van der Waals surface area contributed by atoms with Crippen LogP contribution in [0.15, 0.2) is 18.2 Å². The van der Waals surface area contributed by atoms with Crippen molar-refractivity contribution in [1.82, 2.24) is 0 Å². The SMILES string of the molecule is COc1cc(C(=O)OCOP(=O)(OC(C)(C)C)OC(C)(C)C)ccc1NC=O. The molecule has 0 aliphatic carbocycles. The van der Waals surface area contributed by atoms with E-state index in [0.29, 0.717) is 12.1 Å². The molecule has 0 saturated heterocycles. The maximum absolute atomic E-state index is 12.9. The van der Waals surface area contributed by atoms with Crippen molar-refractivity contribution in [2.45, 2.75) is 52.7 Å². The summed E-state index contributed by atoms with van der Waals surface area (Å²) >= 11 is 0. The minimum Gasteiger partial charge on any atom is -0.495 e. The molecule has 0 fully saturated rings. The number of esters is 1. The lowest BCUT2D eigenvalue weighted by Crippen LogP contribution is -2.25. The smallest absolute Gasteiger partial charge is 0.478 e. The Balaban J connectivity index is 2.82. The number of benzene rings is 1. The molecular formula is C18H28NO8P. The van der Waals surface area contributed by atoms with Crippen LogP contribution in [0, 0.1) is 0 Å². The van der Waals surface area contributed by atoms with Crippen LogP contribution in [0.3, 0.4) is 0 Å². The molecule has 1 aromatic carbocycles. The number of carbonyl (C=O) groups is 2. The van der Waals surface area contributed by atoms with E-state index in [0.717, 1.165) is 0 Å². The highest BCUT2D eigenvalue weighted by atomic mass is 31.2. The average molecular weight is 417 g/mol. The first kappa shape index (κ1) is 24.1. The van der Waals surface area contributed by atoms with Crippen LogP contribution in [0.1, 0.15) is 51.9 Å². The second-order valence-electron chi connectivity index (χ2n) is 7.71. The highest BCUT2D eigenvalue weighted by Crippen LogP contribution is 2.55. The van der Waals surface area contributed by atoms with Crippen LogP contribution in [0.5, 0.6) is 5.75 Å². The number of ether oxygens (including phenoxy) is 2. The zero-order valence-electron chi connectivity index (χ0n) is 17.2. The lowest BCUT2D eigenvalue weighted by molar-refractivity contribution is -0.105. The van der Waals surface area contributed by atoms with E-state index in [1.165, 1.54) is 25.3 Å². The normalized spacial score (nSPS) is 12.4. The fourth-order valence-corrected chi connectivity index (χ4v) is 3.64. The molecule has 0 radical (unpaired) electrons. The van der Waals surface area contributed by atoms with E-state index < -0.39 is 31.8 Å². The summed E-state index contributed by atoms with van der Waals surface area (Å²) in [4.78, 5) is 22.8. The molecule has 0 bridgehead atoms. The molecule has 0 aliphatic heterocycles. The molecule has 0 unspecified atom stereocenters. The molecule has 0 spiro atoms. The number of anilines is 1. The second-order valence-corrected chi connectivity index (χ2v) is 9.23. The van der Waals surface area contributed by atoms with Gasteiger partial charge >= 0.3 is 13.8 Å². The Kier molecular flexibility index (Phi) is 8.19. The molecule has 10 heteroatoms. The van der Waals surface area contributed by atoms with Gasteiger partial charge in [-0.2, -0.15) is 0 Å². The molecule has 1 amide bonds. The van der Waals surface area contributed by atoms with Crippen LogP contribution in [-0.2, 0) is 27.7 Å². The minimum absolute atomic E-state index is 0.153. The summed E-state index contributed by atoms with van der Waals surface area (Å²) < 4.78 is 39.0. The molecule has 0 saturated carbocycles. The molecule has 1 N–H and O–H groups in total. The third-order valence-electron chi connectivity index (χ3n) is 2.82. The fourth-order valence-electron chi connectivity index (χ4n) is 1.97. The van der Waals surface area contributed by atoms with Gasteiger partial charge in [0.1, 0.15) is 5.75 Å². The van der Waals surface area contributed by atoms with Crippen molar-refractivity contribution < 1.29 is 37.2 Å². The highest BCUT2D eigenvalue weighted by molar-refractivity contribution is 7.48. The number of hydrogen-bond acceptors (Lipinski definition) is 8. The fraction of sp³-hybridized carbons (Fsp3) is 0.556. The van der Waals surface area contributed by atoms with Gasteiger partial charge in [0.05, 0.1) is 29.6 Å². The van der Waals surface area contributed by atoms with E-state index in [9.17, 15) is 14.2 Å². The van der Waals surface area contributed by atoms with E-state index in [4.69, 9.17) is 23.0 Å². The molecule has 0 aliphatic rings. The van der Waals surface area contributed by atoms with E-state index in [-0.39, 0.29) is 11.3 Å². The van der Waals surface area contributed by atoms with Crippen molar-refractivity contribution in [2.24, 2.45) is 0 Å². The van der Waals surface area contributed by atoms with E-state index in [2.05, 4.69) is 5.32 Å². The van der Waals surface area contributed by atoms with Gasteiger partial charge in [0.15, 0.2) is 0 Å². The highest BCUT2D eigenvalue weighted by Gasteiger charge is 2.37. The number of nitrogens with one attached hydrogen (secondary N) is 1. The van der Waals surface area contributed by atoms with Crippen molar-refractivity contribution >= 4 is 25.9 Å². The van der Waals surface area contributed by atoms with Crippen LogP contribution in [0.2, 0.25) is 0 Å². The quantitative estimate of drug-likeness (QED) is 0.276. The molecule has 0 heterocycles. The van der Waals surface area contributed by atoms with Crippen LogP contribution in [0.4, 0.5) is 5.69 Å². The van der Waals surface area contributed by atoms with Gasteiger partial charge in [-0.05, 0) is 59.7 Å². The van der Waals surface area contributed by atoms with Crippen molar-refractivity contribution in [3.63, 3.8) is 0 Å². The summed E-state index contributed by atoms with van der Waals surface area (Å²) in [7, 11) is -2.60. The Morgan fingerprint density at radius 1 is 1.11 bits per heavy atom. The van der Waals surface area contributed by atoms with Crippen LogP contribution < -0.4 is 10.1 Å². The number of rotatable bonds is 9. The molecule has 0 atom stereocenters. The van der Waals surface area contributed by atoms with Gasteiger partial charge in [0.2, 0.25) is 13.2 Å². The lowest BCUT2D eigenvalue weighted by Gasteiger charge is -2.30. The second kappa shape index (κ2) is 9.52. The topological polar surface area (TPSA) is 109 Å². The molecule has 9 nitrogen and oxygen atoms in total. The summed E-state index contributed by atoms with van der Waals surface area (Å²) in [5.74, 6) is -0.464. The first-order valence-electron chi connectivity index (χ1n) is 8.50. The monoisotopic (exact) mass is 417 g/mol. The Morgan fingerprint density at radius 2 is 1.68 bits per heavy atom. The van der Waals surface area contributed by atoms with Gasteiger partial charge in [-0.25, -0.2) is 13.9 Å². The van der Waals surface area contributed by atoms with E-state index in [1.54, 1.807) is 41.5 Å². The molecular weight excluding hydrogens is 389 g/mol. The van der Waals surface area contributed by atoms with E-state index >= 15 is 0 Å². The van der Waals surface area contributed by atoms with Gasteiger partial charge in [-0.15, -0.1) is 0 Å². The van der Waals surface area contributed by atoms with Gasteiger partial charge in [-0.1, -0.05) is 0 Å². The number of methoxy groups -OCH3 is 1. The summed E-state index contributed by atoms with van der Waals surface area (Å²) in [6.07, 6.45) is 0.492. The Bertz CT molecular complexity index is 716. The molecule has 158 valence electrons. The summed E-state index contributed by atoms with van der Waals surface area (Å²) in [6, 6.07) is 4.32. The molecule has 28 heavy (non-hydrogen) atoms. The third kappa shape index (κ3) is 8.39. The van der Waals surface area contributed by atoms with Crippen molar-refractivity contribution in [3.8, 4) is 5.75 Å². The van der Waals surface area contributed by atoms with E-state index in [1.807, 2.05) is 0 Å². The zero-order valence-corrected chi connectivity index (χ0v) is 18.1. The first-order valence-corrected chi connectivity index (χ1v) is 9.96. The first-order chi connectivity index (χ1) is 12.8. The largest absolute Gasteiger partial charge is 0.495 e. The standard InChI is InChI=1S/C18H28NO8P/c1-17(2,3)26-28(22,27-18(4,5)6)25-12-24-16(21)13-8-9-14(19-11-20)15(10-13)23-7/h8-11H,12H2,1-7H3,(H,19,20).